The second kappa shape index (κ2) is 6.70. The van der Waals surface area contributed by atoms with Crippen LogP contribution in [0.15, 0.2) is 12.1 Å². The van der Waals surface area contributed by atoms with Crippen molar-refractivity contribution >= 4 is 11.7 Å². The van der Waals surface area contributed by atoms with E-state index in [4.69, 9.17) is 0 Å². The van der Waals surface area contributed by atoms with Gasteiger partial charge in [-0.15, -0.1) is 0 Å². The summed E-state index contributed by atoms with van der Waals surface area (Å²) < 4.78 is 62.2. The molecular weight excluding hydrogens is 299 g/mol. The Bertz CT molecular complexity index is 517. The van der Waals surface area contributed by atoms with E-state index >= 15 is 0 Å². The van der Waals surface area contributed by atoms with E-state index in [0.717, 1.165) is 6.07 Å². The molecule has 0 aliphatic heterocycles. The number of carbonyl (C=O) groups is 1. The number of benzene rings is 1. The number of carbonyl (C=O) groups excluding carboxylic acids is 1. The van der Waals surface area contributed by atoms with E-state index in [2.05, 4.69) is 4.84 Å². The molecule has 2 amide bonds. The number of amides is 2. The maximum Gasteiger partial charge on any atom is 0.414 e. The zero-order chi connectivity index (χ0) is 16.2. The molecule has 1 rings (SSSR count). The van der Waals surface area contributed by atoms with Crippen LogP contribution in [-0.2, 0) is 4.84 Å². The van der Waals surface area contributed by atoms with Gasteiger partial charge in [0, 0.05) is 6.07 Å². The number of hydrogen-bond donors (Lipinski definition) is 2. The van der Waals surface area contributed by atoms with Crippen molar-refractivity contribution in [3.8, 4) is 0 Å². The molecule has 0 aromatic heterocycles. The molecule has 0 radical (unpaired) electrons. The zero-order valence-corrected chi connectivity index (χ0v) is 11.1. The van der Waals surface area contributed by atoms with E-state index in [0.29, 0.717) is 6.07 Å². The summed E-state index contributed by atoms with van der Waals surface area (Å²) in [6.45, 7) is 1.58. The van der Waals surface area contributed by atoms with Crippen molar-refractivity contribution in [1.82, 2.24) is 5.48 Å². The number of urea groups is 1. The molecule has 0 heterocycles. The molecule has 0 atom stereocenters. The summed E-state index contributed by atoms with van der Waals surface area (Å²) in [7, 11) is 0. The predicted octanol–water partition coefficient (Wildman–Crippen LogP) is 3.70. The molecule has 21 heavy (non-hydrogen) atoms. The van der Waals surface area contributed by atoms with Gasteiger partial charge in [-0.1, -0.05) is 13.8 Å². The number of hydroxylamine groups is 1. The third-order valence-corrected chi connectivity index (χ3v) is 2.35. The molecule has 118 valence electrons. The lowest BCUT2D eigenvalue weighted by molar-refractivity contribution is -0.183. The van der Waals surface area contributed by atoms with Gasteiger partial charge in [-0.2, -0.15) is 13.2 Å². The van der Waals surface area contributed by atoms with Crippen molar-refractivity contribution in [1.29, 1.82) is 0 Å². The largest absolute Gasteiger partial charge is 0.414 e. The monoisotopic (exact) mass is 312 g/mol. The maximum atomic E-state index is 13.6. The Kier molecular flexibility index (Phi) is 5.47. The van der Waals surface area contributed by atoms with Gasteiger partial charge in [0.15, 0.2) is 6.61 Å². The van der Waals surface area contributed by atoms with Crippen LogP contribution in [0.5, 0.6) is 0 Å². The van der Waals surface area contributed by atoms with Crippen LogP contribution in [0.25, 0.3) is 0 Å². The molecular formula is C12H13F5N2O2. The number of rotatable bonds is 4. The molecule has 0 unspecified atom stereocenters. The molecule has 0 aliphatic rings. The van der Waals surface area contributed by atoms with Crippen molar-refractivity contribution in [2.45, 2.75) is 25.9 Å². The molecule has 2 N–H and O–H groups in total. The summed E-state index contributed by atoms with van der Waals surface area (Å²) in [5.41, 5.74) is 1.31. The van der Waals surface area contributed by atoms with Crippen LogP contribution < -0.4 is 10.8 Å². The first kappa shape index (κ1) is 17.2. The summed E-state index contributed by atoms with van der Waals surface area (Å²) in [5, 5.41) is 1.99. The first-order valence-corrected chi connectivity index (χ1v) is 5.84. The van der Waals surface area contributed by atoms with Crippen LogP contribution in [0.3, 0.4) is 0 Å². The van der Waals surface area contributed by atoms with Crippen molar-refractivity contribution in [3.05, 3.63) is 29.3 Å². The van der Waals surface area contributed by atoms with Crippen LogP contribution in [-0.4, -0.2) is 18.8 Å². The molecule has 0 spiro atoms. The summed E-state index contributed by atoms with van der Waals surface area (Å²) in [6.07, 6.45) is -4.61. The van der Waals surface area contributed by atoms with Gasteiger partial charge in [-0.05, 0) is 17.5 Å². The van der Waals surface area contributed by atoms with E-state index < -0.39 is 30.4 Å². The lowest BCUT2D eigenvalue weighted by Crippen LogP contribution is -2.33. The Labute approximate surface area is 117 Å². The van der Waals surface area contributed by atoms with Crippen LogP contribution in [0.2, 0.25) is 0 Å². The molecule has 1 aromatic rings. The van der Waals surface area contributed by atoms with E-state index in [1.165, 1.54) is 5.48 Å². The van der Waals surface area contributed by atoms with E-state index in [-0.39, 0.29) is 17.2 Å². The van der Waals surface area contributed by atoms with Crippen LogP contribution >= 0.6 is 0 Å². The summed E-state index contributed by atoms with van der Waals surface area (Å²) >= 11 is 0. The molecule has 0 bridgehead atoms. The highest BCUT2D eigenvalue weighted by Gasteiger charge is 2.28. The summed E-state index contributed by atoms with van der Waals surface area (Å²) in [4.78, 5) is 15.2. The predicted molar refractivity (Wildman–Crippen MR) is 64.6 cm³/mol. The van der Waals surface area contributed by atoms with Crippen molar-refractivity contribution in [2.24, 2.45) is 0 Å². The Morgan fingerprint density at radius 2 is 1.90 bits per heavy atom. The third kappa shape index (κ3) is 5.54. The molecule has 0 aliphatic carbocycles. The fourth-order valence-electron chi connectivity index (χ4n) is 1.50. The average molecular weight is 312 g/mol. The Morgan fingerprint density at radius 1 is 1.29 bits per heavy atom. The highest BCUT2D eigenvalue weighted by atomic mass is 19.4. The molecule has 4 nitrogen and oxygen atoms in total. The Morgan fingerprint density at radius 3 is 2.43 bits per heavy atom. The van der Waals surface area contributed by atoms with Gasteiger partial charge in [0.05, 0.1) is 5.69 Å². The Balaban J connectivity index is 2.76. The fourth-order valence-corrected chi connectivity index (χ4v) is 1.50. The van der Waals surface area contributed by atoms with Crippen LogP contribution in [0.1, 0.15) is 25.3 Å². The smallest absolute Gasteiger partial charge is 0.303 e. The average Bonchev–Trinajstić information content (AvgIpc) is 2.30. The SMILES string of the molecule is CC(C)c1cc(F)cc(F)c1NC(=O)NOCC(F)(F)F. The number of nitrogens with one attached hydrogen (secondary N) is 2. The van der Waals surface area contributed by atoms with Gasteiger partial charge in [0.1, 0.15) is 11.6 Å². The van der Waals surface area contributed by atoms with Crippen molar-refractivity contribution in [2.75, 3.05) is 11.9 Å². The minimum Gasteiger partial charge on any atom is -0.303 e. The molecule has 9 heteroatoms. The van der Waals surface area contributed by atoms with Gasteiger partial charge >= 0.3 is 12.2 Å². The number of alkyl halides is 3. The highest BCUT2D eigenvalue weighted by molar-refractivity contribution is 5.89. The zero-order valence-electron chi connectivity index (χ0n) is 11.1. The van der Waals surface area contributed by atoms with Crippen molar-refractivity contribution in [3.63, 3.8) is 0 Å². The second-order valence-corrected chi connectivity index (χ2v) is 4.47. The molecule has 0 saturated heterocycles. The topological polar surface area (TPSA) is 50.4 Å². The van der Waals surface area contributed by atoms with Crippen molar-refractivity contribution < 1.29 is 31.6 Å². The van der Waals surface area contributed by atoms with E-state index in [9.17, 15) is 26.7 Å². The van der Waals surface area contributed by atoms with Gasteiger partial charge < -0.3 is 5.32 Å². The van der Waals surface area contributed by atoms with E-state index in [1.807, 2.05) is 5.32 Å². The lowest BCUT2D eigenvalue weighted by atomic mass is 10.0. The molecule has 1 aromatic carbocycles. The van der Waals surface area contributed by atoms with E-state index in [1.54, 1.807) is 13.8 Å². The quantitative estimate of drug-likeness (QED) is 0.658. The van der Waals surface area contributed by atoms with Crippen LogP contribution in [0.4, 0.5) is 32.4 Å². The second-order valence-electron chi connectivity index (χ2n) is 4.47. The minimum absolute atomic E-state index is 0.165. The van der Waals surface area contributed by atoms with Gasteiger partial charge in [-0.25, -0.2) is 19.1 Å². The first-order valence-electron chi connectivity index (χ1n) is 5.84. The first-order chi connectivity index (χ1) is 9.60. The highest BCUT2D eigenvalue weighted by Crippen LogP contribution is 2.28. The van der Waals surface area contributed by atoms with Gasteiger partial charge in [0.2, 0.25) is 0 Å². The number of halogens is 5. The summed E-state index contributed by atoms with van der Waals surface area (Å²) in [6, 6.07) is 0.379. The summed E-state index contributed by atoms with van der Waals surface area (Å²) in [5.74, 6) is -2.18. The number of hydrogen-bond acceptors (Lipinski definition) is 2. The molecule has 0 saturated carbocycles. The Hall–Kier alpha value is -1.90. The molecule has 0 fully saturated rings. The van der Waals surface area contributed by atoms with Gasteiger partial charge in [0.25, 0.3) is 0 Å². The van der Waals surface area contributed by atoms with Crippen LogP contribution in [0, 0.1) is 11.6 Å². The normalized spacial score (nSPS) is 11.6. The van der Waals surface area contributed by atoms with Gasteiger partial charge in [-0.3, -0.25) is 4.84 Å². The number of anilines is 1. The fraction of sp³-hybridized carbons (Fsp3) is 0.417. The maximum absolute atomic E-state index is 13.6. The third-order valence-electron chi connectivity index (χ3n) is 2.35. The lowest BCUT2D eigenvalue weighted by Gasteiger charge is -2.15. The standard InChI is InChI=1S/C12H13F5N2O2/c1-6(2)8-3-7(13)4-9(14)10(8)18-11(20)19-21-5-12(15,16)17/h3-4,6H,5H2,1-2H3,(H2,18,19,20). The minimum atomic E-state index is -4.61.